The van der Waals surface area contributed by atoms with Gasteiger partial charge in [0.05, 0.1) is 19.3 Å². The highest BCUT2D eigenvalue weighted by molar-refractivity contribution is 5.88. The summed E-state index contributed by atoms with van der Waals surface area (Å²) < 4.78 is 5.25. The second-order valence-electron chi connectivity index (χ2n) is 5.51. The number of anilines is 1. The van der Waals surface area contributed by atoms with Crippen LogP contribution in [-0.2, 0) is 4.74 Å². The number of H-pyrrole nitrogens is 1. The lowest BCUT2D eigenvalue weighted by Gasteiger charge is -2.43. The van der Waals surface area contributed by atoms with Crippen LogP contribution in [0.4, 0.5) is 5.69 Å². The average molecular weight is 287 g/mol. The summed E-state index contributed by atoms with van der Waals surface area (Å²) in [5, 5.41) is 0.863. The fraction of sp³-hybridized carbons (Fsp3) is 0.500. The van der Waals surface area contributed by atoms with Crippen LogP contribution < -0.4 is 10.5 Å². The van der Waals surface area contributed by atoms with Gasteiger partial charge in [-0.05, 0) is 0 Å². The Hall–Kier alpha value is -1.99. The molecule has 2 fully saturated rings. The first-order chi connectivity index (χ1) is 10.3. The second-order valence-corrected chi connectivity index (χ2v) is 5.51. The summed E-state index contributed by atoms with van der Waals surface area (Å²) in [5.74, 6) is 0. The van der Waals surface area contributed by atoms with Gasteiger partial charge in [0.1, 0.15) is 17.5 Å². The number of aromatic amines is 1. The van der Waals surface area contributed by atoms with E-state index in [1.165, 1.54) is 6.33 Å². The zero-order valence-corrected chi connectivity index (χ0v) is 11.7. The van der Waals surface area contributed by atoms with Gasteiger partial charge in [0, 0.05) is 44.0 Å². The van der Waals surface area contributed by atoms with Gasteiger partial charge in [-0.1, -0.05) is 0 Å². The van der Waals surface area contributed by atoms with Gasteiger partial charge in [0.2, 0.25) is 0 Å². The van der Waals surface area contributed by atoms with Gasteiger partial charge in [0.15, 0.2) is 0 Å². The topological polar surface area (TPSA) is 74.4 Å². The zero-order valence-electron chi connectivity index (χ0n) is 11.7. The Morgan fingerprint density at radius 3 is 2.76 bits per heavy atom. The van der Waals surface area contributed by atoms with Gasteiger partial charge < -0.3 is 14.6 Å². The number of fused-ring (bicyclic) bond motifs is 1. The number of ether oxygens (including phenoxy) is 1. The van der Waals surface area contributed by atoms with E-state index in [1.54, 1.807) is 12.4 Å². The van der Waals surface area contributed by atoms with Crippen LogP contribution in [0.2, 0.25) is 0 Å². The Bertz CT molecular complexity index is 704. The van der Waals surface area contributed by atoms with Crippen LogP contribution in [0.25, 0.3) is 10.9 Å². The molecule has 2 aliphatic rings. The lowest BCUT2D eigenvalue weighted by Crippen LogP contribution is -2.57. The number of nitrogens with zero attached hydrogens (tertiary/aromatic N) is 4. The highest BCUT2D eigenvalue weighted by Gasteiger charge is 2.30. The fourth-order valence-corrected chi connectivity index (χ4v) is 3.00. The summed E-state index contributed by atoms with van der Waals surface area (Å²) in [6.45, 7) is 5.25. The molecule has 7 nitrogen and oxygen atoms in total. The zero-order chi connectivity index (χ0) is 14.2. The predicted octanol–water partition coefficient (Wildman–Crippen LogP) is -0.161. The lowest BCUT2D eigenvalue weighted by atomic mass is 10.1. The average Bonchev–Trinajstić information content (AvgIpc) is 2.47. The third kappa shape index (κ3) is 2.18. The Labute approximate surface area is 121 Å². The summed E-state index contributed by atoms with van der Waals surface area (Å²) in [6, 6.07) is 0.556. The quantitative estimate of drug-likeness (QED) is 0.827. The first-order valence-electron chi connectivity index (χ1n) is 7.21. The molecule has 21 heavy (non-hydrogen) atoms. The highest BCUT2D eigenvalue weighted by atomic mass is 16.5. The molecule has 0 atom stereocenters. The Morgan fingerprint density at radius 2 is 2.05 bits per heavy atom. The molecular formula is C14H17N5O2. The van der Waals surface area contributed by atoms with Gasteiger partial charge >= 0.3 is 0 Å². The van der Waals surface area contributed by atoms with E-state index in [2.05, 4.69) is 24.8 Å². The van der Waals surface area contributed by atoms with Crippen LogP contribution in [0.3, 0.4) is 0 Å². The van der Waals surface area contributed by atoms with Crippen LogP contribution in [-0.4, -0.2) is 65.3 Å². The normalized spacial score (nSPS) is 20.7. The molecule has 2 saturated heterocycles. The van der Waals surface area contributed by atoms with Crippen molar-refractivity contribution in [2.75, 3.05) is 44.3 Å². The van der Waals surface area contributed by atoms with Crippen molar-refractivity contribution < 1.29 is 4.74 Å². The standard InChI is InChI=1S/C14H17N5O2/c20-14-13(12-10(6-16-14)5-15-9-17-12)19-3-1-18(2-4-19)11-7-21-8-11/h5-6,9,11H,1-4,7-8H2,(H,16,20). The summed E-state index contributed by atoms with van der Waals surface area (Å²) in [6.07, 6.45) is 4.89. The predicted molar refractivity (Wildman–Crippen MR) is 78.6 cm³/mol. The second kappa shape index (κ2) is 5.09. The SMILES string of the molecule is O=c1[nH]cc2cncnc2c1N1CCN(C2COC2)CC1. The molecule has 2 aromatic heterocycles. The molecule has 0 saturated carbocycles. The number of aromatic nitrogens is 3. The van der Waals surface area contributed by atoms with Gasteiger partial charge in [-0.2, -0.15) is 0 Å². The van der Waals surface area contributed by atoms with Crippen molar-refractivity contribution in [3.63, 3.8) is 0 Å². The molecule has 2 aromatic rings. The molecule has 0 radical (unpaired) electrons. The van der Waals surface area contributed by atoms with Gasteiger partial charge in [-0.15, -0.1) is 0 Å². The van der Waals surface area contributed by atoms with E-state index in [0.717, 1.165) is 50.3 Å². The fourth-order valence-electron chi connectivity index (χ4n) is 3.00. The molecule has 110 valence electrons. The van der Waals surface area contributed by atoms with Crippen molar-refractivity contribution >= 4 is 16.6 Å². The monoisotopic (exact) mass is 287 g/mol. The molecule has 4 rings (SSSR count). The van der Waals surface area contributed by atoms with E-state index in [1.807, 2.05) is 0 Å². The number of hydrogen-bond donors (Lipinski definition) is 1. The highest BCUT2D eigenvalue weighted by Crippen LogP contribution is 2.22. The van der Waals surface area contributed by atoms with Crippen molar-refractivity contribution in [3.05, 3.63) is 29.1 Å². The van der Waals surface area contributed by atoms with Gasteiger partial charge in [-0.3, -0.25) is 9.69 Å². The van der Waals surface area contributed by atoms with Crippen molar-refractivity contribution in [2.45, 2.75) is 6.04 Å². The first kappa shape index (κ1) is 12.7. The number of piperazine rings is 1. The molecule has 2 aliphatic heterocycles. The van der Waals surface area contributed by atoms with E-state index in [4.69, 9.17) is 4.74 Å². The minimum Gasteiger partial charge on any atom is -0.378 e. The third-order valence-corrected chi connectivity index (χ3v) is 4.31. The van der Waals surface area contributed by atoms with E-state index in [0.29, 0.717) is 11.7 Å². The van der Waals surface area contributed by atoms with Gasteiger partial charge in [-0.25, -0.2) is 9.97 Å². The Morgan fingerprint density at radius 1 is 1.24 bits per heavy atom. The summed E-state index contributed by atoms with van der Waals surface area (Å²) in [5.41, 5.74) is 1.32. The smallest absolute Gasteiger partial charge is 0.273 e. The van der Waals surface area contributed by atoms with Gasteiger partial charge in [0.25, 0.3) is 5.56 Å². The van der Waals surface area contributed by atoms with Crippen LogP contribution in [0, 0.1) is 0 Å². The molecule has 7 heteroatoms. The van der Waals surface area contributed by atoms with E-state index < -0.39 is 0 Å². The van der Waals surface area contributed by atoms with Crippen LogP contribution in [0.1, 0.15) is 0 Å². The van der Waals surface area contributed by atoms with Crippen LogP contribution in [0.5, 0.6) is 0 Å². The molecular weight excluding hydrogens is 270 g/mol. The first-order valence-corrected chi connectivity index (χ1v) is 7.21. The third-order valence-electron chi connectivity index (χ3n) is 4.31. The number of rotatable bonds is 2. The lowest BCUT2D eigenvalue weighted by molar-refractivity contribution is -0.0660. The minimum absolute atomic E-state index is 0.0818. The molecule has 1 N–H and O–H groups in total. The maximum absolute atomic E-state index is 12.2. The van der Waals surface area contributed by atoms with Crippen LogP contribution >= 0.6 is 0 Å². The van der Waals surface area contributed by atoms with Crippen molar-refractivity contribution in [1.82, 2.24) is 19.9 Å². The number of nitrogens with one attached hydrogen (secondary N) is 1. The summed E-state index contributed by atoms with van der Waals surface area (Å²) >= 11 is 0. The number of pyridine rings is 1. The van der Waals surface area contributed by atoms with Crippen molar-refractivity contribution in [3.8, 4) is 0 Å². The molecule has 0 spiro atoms. The van der Waals surface area contributed by atoms with Crippen molar-refractivity contribution in [1.29, 1.82) is 0 Å². The molecule has 0 bridgehead atoms. The maximum atomic E-state index is 12.2. The molecule has 0 amide bonds. The molecule has 0 unspecified atom stereocenters. The maximum Gasteiger partial charge on any atom is 0.273 e. The van der Waals surface area contributed by atoms with Crippen molar-refractivity contribution in [2.24, 2.45) is 0 Å². The Kier molecular flexibility index (Phi) is 3.08. The van der Waals surface area contributed by atoms with E-state index >= 15 is 0 Å². The van der Waals surface area contributed by atoms with E-state index in [-0.39, 0.29) is 5.56 Å². The van der Waals surface area contributed by atoms with Crippen LogP contribution in [0.15, 0.2) is 23.5 Å². The molecule has 4 heterocycles. The molecule has 0 aromatic carbocycles. The number of hydrogen-bond acceptors (Lipinski definition) is 6. The Balaban J connectivity index is 1.62. The largest absolute Gasteiger partial charge is 0.378 e. The summed E-state index contributed by atoms with van der Waals surface area (Å²) in [7, 11) is 0. The summed E-state index contributed by atoms with van der Waals surface area (Å²) in [4.78, 5) is 27.9. The minimum atomic E-state index is -0.0818. The van der Waals surface area contributed by atoms with E-state index in [9.17, 15) is 4.79 Å². The molecule has 0 aliphatic carbocycles.